The number of nitrogens with two attached hydrogens (primary N) is 1. The van der Waals surface area contributed by atoms with Gasteiger partial charge in [0.25, 0.3) is 0 Å². The lowest BCUT2D eigenvalue weighted by molar-refractivity contribution is -0.137. The molecule has 0 fully saturated rings. The van der Waals surface area contributed by atoms with E-state index in [0.717, 1.165) is 12.1 Å². The molecule has 0 saturated carbocycles. The van der Waals surface area contributed by atoms with Crippen LogP contribution in [0.25, 0.3) is 0 Å². The van der Waals surface area contributed by atoms with Gasteiger partial charge in [0.15, 0.2) is 0 Å². The van der Waals surface area contributed by atoms with Gasteiger partial charge in [-0.05, 0) is 42.8 Å². The van der Waals surface area contributed by atoms with Gasteiger partial charge in [-0.15, -0.1) is 0 Å². The molecule has 0 radical (unpaired) electrons. The van der Waals surface area contributed by atoms with Crippen LogP contribution >= 0.6 is 11.6 Å². The molecule has 0 heterocycles. The van der Waals surface area contributed by atoms with Gasteiger partial charge in [0, 0.05) is 10.7 Å². The molecular formula is C14H12ClF3N2. The first-order valence-corrected chi connectivity index (χ1v) is 6.15. The molecule has 0 aromatic heterocycles. The summed E-state index contributed by atoms with van der Waals surface area (Å²) in [6, 6.07) is 8.27. The number of aryl methyl sites for hydroxylation is 1. The first-order valence-electron chi connectivity index (χ1n) is 5.77. The summed E-state index contributed by atoms with van der Waals surface area (Å²) in [5.41, 5.74) is 6.95. The third-order valence-electron chi connectivity index (χ3n) is 2.85. The van der Waals surface area contributed by atoms with Gasteiger partial charge in [-0.25, -0.2) is 0 Å². The van der Waals surface area contributed by atoms with Crippen LogP contribution in [0.15, 0.2) is 36.4 Å². The summed E-state index contributed by atoms with van der Waals surface area (Å²) in [5.74, 6) is 0. The summed E-state index contributed by atoms with van der Waals surface area (Å²) in [6.45, 7) is 1.71. The highest BCUT2D eigenvalue weighted by molar-refractivity contribution is 6.31. The summed E-state index contributed by atoms with van der Waals surface area (Å²) in [5, 5.41) is 3.33. The van der Waals surface area contributed by atoms with Crippen LogP contribution in [0.1, 0.15) is 11.1 Å². The van der Waals surface area contributed by atoms with E-state index in [0.29, 0.717) is 27.6 Å². The molecule has 2 rings (SSSR count). The monoisotopic (exact) mass is 300 g/mol. The van der Waals surface area contributed by atoms with E-state index in [4.69, 9.17) is 17.3 Å². The molecule has 0 aliphatic rings. The number of rotatable bonds is 2. The van der Waals surface area contributed by atoms with Gasteiger partial charge in [0.1, 0.15) is 0 Å². The van der Waals surface area contributed by atoms with Gasteiger partial charge in [-0.1, -0.05) is 17.7 Å². The van der Waals surface area contributed by atoms with Crippen molar-refractivity contribution >= 4 is 28.7 Å². The summed E-state index contributed by atoms with van der Waals surface area (Å²) < 4.78 is 38.1. The molecule has 20 heavy (non-hydrogen) atoms. The predicted octanol–water partition coefficient (Wildman–Crippen LogP) is 4.99. The second-order valence-electron chi connectivity index (χ2n) is 4.38. The minimum atomic E-state index is -4.38. The second kappa shape index (κ2) is 5.25. The quantitative estimate of drug-likeness (QED) is 0.767. The normalized spacial score (nSPS) is 11.4. The Labute approximate surface area is 119 Å². The van der Waals surface area contributed by atoms with Crippen molar-refractivity contribution in [1.29, 1.82) is 0 Å². The van der Waals surface area contributed by atoms with E-state index in [1.165, 1.54) is 6.07 Å². The van der Waals surface area contributed by atoms with Gasteiger partial charge in [-0.2, -0.15) is 13.2 Å². The van der Waals surface area contributed by atoms with E-state index in [9.17, 15) is 13.2 Å². The lowest BCUT2D eigenvalue weighted by Crippen LogP contribution is -2.06. The minimum Gasteiger partial charge on any atom is -0.397 e. The van der Waals surface area contributed by atoms with Crippen LogP contribution < -0.4 is 11.1 Å². The number of benzene rings is 2. The van der Waals surface area contributed by atoms with Crippen LogP contribution in [-0.2, 0) is 6.18 Å². The first kappa shape index (κ1) is 14.5. The number of nitrogen functional groups attached to an aromatic ring is 1. The zero-order chi connectivity index (χ0) is 14.9. The number of hydrogen-bond donors (Lipinski definition) is 2. The number of anilines is 3. The lowest BCUT2D eigenvalue weighted by Gasteiger charge is -2.15. The third-order valence-corrected chi connectivity index (χ3v) is 3.08. The number of nitrogens with one attached hydrogen (secondary N) is 1. The van der Waals surface area contributed by atoms with E-state index in [2.05, 4.69) is 5.32 Å². The maximum absolute atomic E-state index is 12.7. The number of halogens is 4. The number of hydrogen-bond acceptors (Lipinski definition) is 2. The van der Waals surface area contributed by atoms with Gasteiger partial charge in [0.05, 0.1) is 16.9 Å². The van der Waals surface area contributed by atoms with Crippen molar-refractivity contribution in [3.63, 3.8) is 0 Å². The Morgan fingerprint density at radius 3 is 2.40 bits per heavy atom. The lowest BCUT2D eigenvalue weighted by atomic mass is 10.1. The molecule has 0 aliphatic heterocycles. The maximum Gasteiger partial charge on any atom is 0.416 e. The maximum atomic E-state index is 12.7. The molecule has 106 valence electrons. The van der Waals surface area contributed by atoms with E-state index in [1.54, 1.807) is 25.1 Å². The van der Waals surface area contributed by atoms with Gasteiger partial charge in [-0.3, -0.25) is 0 Å². The van der Waals surface area contributed by atoms with Gasteiger partial charge in [0.2, 0.25) is 0 Å². The van der Waals surface area contributed by atoms with Crippen LogP contribution in [0.3, 0.4) is 0 Å². The summed E-state index contributed by atoms with van der Waals surface area (Å²) in [7, 11) is 0. The largest absolute Gasteiger partial charge is 0.416 e. The Morgan fingerprint density at radius 2 is 1.75 bits per heavy atom. The Balaban J connectivity index is 2.40. The van der Waals surface area contributed by atoms with Crippen LogP contribution in [-0.4, -0.2) is 0 Å². The highest BCUT2D eigenvalue weighted by atomic mass is 35.5. The van der Waals surface area contributed by atoms with Gasteiger partial charge < -0.3 is 11.1 Å². The molecule has 0 atom stereocenters. The zero-order valence-electron chi connectivity index (χ0n) is 10.6. The average Bonchev–Trinajstić information content (AvgIpc) is 2.35. The van der Waals surface area contributed by atoms with Crippen LogP contribution in [0.5, 0.6) is 0 Å². The summed E-state index contributed by atoms with van der Waals surface area (Å²) >= 11 is 5.85. The SMILES string of the molecule is Cc1ccc(C(F)(F)F)cc1Nc1cc(Cl)ccc1N. The standard InChI is InChI=1S/C14H12ClF3N2/c1-8-2-3-9(14(16,17)18)6-12(8)20-13-7-10(15)4-5-11(13)19/h2-7,20H,19H2,1H3. The van der Waals surface area contributed by atoms with Crippen LogP contribution in [0.4, 0.5) is 30.2 Å². The molecule has 2 aromatic carbocycles. The van der Waals surface area contributed by atoms with Crippen LogP contribution in [0.2, 0.25) is 5.02 Å². The Morgan fingerprint density at radius 1 is 1.05 bits per heavy atom. The molecule has 0 unspecified atom stereocenters. The van der Waals surface area contributed by atoms with Crippen molar-refractivity contribution in [1.82, 2.24) is 0 Å². The Hall–Kier alpha value is -1.88. The van der Waals surface area contributed by atoms with Crippen molar-refractivity contribution in [2.24, 2.45) is 0 Å². The summed E-state index contributed by atoms with van der Waals surface area (Å²) in [6.07, 6.45) is -4.38. The van der Waals surface area contributed by atoms with Crippen molar-refractivity contribution in [2.75, 3.05) is 11.1 Å². The molecule has 2 nitrogen and oxygen atoms in total. The van der Waals surface area contributed by atoms with E-state index in [1.807, 2.05) is 0 Å². The molecule has 3 N–H and O–H groups in total. The summed E-state index contributed by atoms with van der Waals surface area (Å²) in [4.78, 5) is 0. The first-order chi connectivity index (χ1) is 9.27. The van der Waals surface area contributed by atoms with Gasteiger partial charge >= 0.3 is 6.18 Å². The fraction of sp³-hybridized carbons (Fsp3) is 0.143. The van der Waals surface area contributed by atoms with Crippen molar-refractivity contribution in [2.45, 2.75) is 13.1 Å². The Kier molecular flexibility index (Phi) is 3.81. The Bertz CT molecular complexity index is 639. The van der Waals surface area contributed by atoms with E-state index < -0.39 is 11.7 Å². The topological polar surface area (TPSA) is 38.0 Å². The molecular weight excluding hydrogens is 289 g/mol. The fourth-order valence-corrected chi connectivity index (χ4v) is 1.89. The number of alkyl halides is 3. The smallest absolute Gasteiger partial charge is 0.397 e. The van der Waals surface area contributed by atoms with E-state index in [-0.39, 0.29) is 0 Å². The van der Waals surface area contributed by atoms with Crippen molar-refractivity contribution in [3.8, 4) is 0 Å². The molecule has 0 spiro atoms. The predicted molar refractivity (Wildman–Crippen MR) is 75.3 cm³/mol. The second-order valence-corrected chi connectivity index (χ2v) is 4.82. The zero-order valence-corrected chi connectivity index (χ0v) is 11.3. The molecule has 2 aromatic rings. The molecule has 0 saturated heterocycles. The van der Waals surface area contributed by atoms with Crippen LogP contribution in [0, 0.1) is 6.92 Å². The van der Waals surface area contributed by atoms with Crippen molar-refractivity contribution < 1.29 is 13.2 Å². The molecule has 0 bridgehead atoms. The molecule has 0 aliphatic carbocycles. The molecule has 6 heteroatoms. The highest BCUT2D eigenvalue weighted by Crippen LogP contribution is 2.34. The third kappa shape index (κ3) is 3.17. The highest BCUT2D eigenvalue weighted by Gasteiger charge is 2.30. The molecule has 0 amide bonds. The van der Waals surface area contributed by atoms with Crippen molar-refractivity contribution in [3.05, 3.63) is 52.5 Å². The minimum absolute atomic E-state index is 0.341. The van der Waals surface area contributed by atoms with E-state index >= 15 is 0 Å². The average molecular weight is 301 g/mol. The fourth-order valence-electron chi connectivity index (χ4n) is 1.71.